The Morgan fingerprint density at radius 2 is 0.484 bits per heavy atom. The van der Waals surface area contributed by atoms with Crippen LogP contribution in [-0.4, -0.2) is 47.4 Å². The molecule has 0 saturated carbocycles. The van der Waals surface area contributed by atoms with Gasteiger partial charge in [-0.15, -0.1) is 0 Å². The van der Waals surface area contributed by atoms with Gasteiger partial charge in [0.25, 0.3) is 0 Å². The summed E-state index contributed by atoms with van der Waals surface area (Å²) in [5, 5.41) is 23.4. The number of hydrogen-bond donors (Lipinski definition) is 3. The molecule has 0 bridgehead atoms. The molecule has 0 spiro atoms. The molecular weight excluding hydrogens is 1160 g/mol. The largest absolute Gasteiger partial charge is 0.466 e. The molecule has 0 rings (SSSR count). The number of aliphatic hydroxyl groups is 2. The summed E-state index contributed by atoms with van der Waals surface area (Å²) in [5.41, 5.74) is 0. The average Bonchev–Trinajstić information content (AvgIpc) is 3.42. The van der Waals surface area contributed by atoms with Crippen LogP contribution in [0.4, 0.5) is 0 Å². The maximum absolute atomic E-state index is 12.6. The molecule has 0 aliphatic heterocycles. The van der Waals surface area contributed by atoms with Gasteiger partial charge in [-0.3, -0.25) is 9.59 Å². The van der Waals surface area contributed by atoms with E-state index in [1.807, 2.05) is 6.08 Å². The highest BCUT2D eigenvalue weighted by Gasteiger charge is 2.18. The topological polar surface area (TPSA) is 95.9 Å². The lowest BCUT2D eigenvalue weighted by Crippen LogP contribution is -2.45. The summed E-state index contributed by atoms with van der Waals surface area (Å²) in [5.74, 6) is -0.0278. The maximum Gasteiger partial charge on any atom is 0.305 e. The first kappa shape index (κ1) is 93.6. The van der Waals surface area contributed by atoms with Crippen LogP contribution < -0.4 is 5.32 Å². The molecule has 0 saturated heterocycles. The van der Waals surface area contributed by atoms with Gasteiger partial charge in [0.1, 0.15) is 0 Å². The van der Waals surface area contributed by atoms with Crippen molar-refractivity contribution in [3.05, 3.63) is 12.2 Å². The minimum Gasteiger partial charge on any atom is -0.466 e. The van der Waals surface area contributed by atoms with Crippen LogP contribution in [0.3, 0.4) is 0 Å². The lowest BCUT2D eigenvalue weighted by atomic mass is 10.0. The number of carbonyl (C=O) groups excluding carboxylic acids is 2. The van der Waals surface area contributed by atoms with Crippen molar-refractivity contribution >= 4 is 11.9 Å². The molecule has 95 heavy (non-hydrogen) atoms. The molecule has 0 heterocycles. The Labute approximate surface area is 597 Å². The number of nitrogens with one attached hydrogen (secondary N) is 1. The highest BCUT2D eigenvalue weighted by Crippen LogP contribution is 2.21. The number of ether oxygens (including phenoxy) is 1. The molecule has 0 aliphatic rings. The van der Waals surface area contributed by atoms with Crippen LogP contribution in [0.25, 0.3) is 0 Å². The molecule has 3 N–H and O–H groups in total. The Morgan fingerprint density at radius 1 is 0.284 bits per heavy atom. The van der Waals surface area contributed by atoms with E-state index in [4.69, 9.17) is 4.74 Å². The minimum absolute atomic E-state index is 0.0284. The number of hydrogen-bond acceptors (Lipinski definition) is 5. The minimum atomic E-state index is -0.842. The Bertz CT molecular complexity index is 1450. The molecule has 0 aromatic carbocycles. The smallest absolute Gasteiger partial charge is 0.305 e. The van der Waals surface area contributed by atoms with Gasteiger partial charge >= 0.3 is 5.97 Å². The maximum atomic E-state index is 12.6. The third-order valence-electron chi connectivity index (χ3n) is 21.3. The molecule has 6 nitrogen and oxygen atoms in total. The molecule has 0 radical (unpaired) electrons. The van der Waals surface area contributed by atoms with Crippen molar-refractivity contribution in [2.45, 2.75) is 533 Å². The van der Waals surface area contributed by atoms with Crippen molar-refractivity contribution in [2.75, 3.05) is 13.2 Å². The number of rotatable bonds is 85. The van der Waals surface area contributed by atoms with Crippen LogP contribution in [-0.2, 0) is 14.3 Å². The van der Waals surface area contributed by atoms with Gasteiger partial charge in [-0.05, 0) is 32.1 Å². The van der Waals surface area contributed by atoms with Crippen LogP contribution in [0.1, 0.15) is 521 Å². The third kappa shape index (κ3) is 81.5. The van der Waals surface area contributed by atoms with Gasteiger partial charge in [-0.1, -0.05) is 488 Å². The number of allylic oxidation sites excluding steroid dienone is 1. The summed E-state index contributed by atoms with van der Waals surface area (Å²) in [4.78, 5) is 24.7. The zero-order valence-electron chi connectivity index (χ0n) is 65.2. The van der Waals surface area contributed by atoms with E-state index in [0.29, 0.717) is 19.4 Å². The zero-order chi connectivity index (χ0) is 68.4. The van der Waals surface area contributed by atoms with E-state index in [1.54, 1.807) is 6.08 Å². The first-order chi connectivity index (χ1) is 47.0. The van der Waals surface area contributed by atoms with Crippen molar-refractivity contribution < 1.29 is 24.5 Å². The summed E-state index contributed by atoms with van der Waals surface area (Å²) in [6.45, 7) is 4.98. The Kier molecular flexibility index (Phi) is 83.8. The van der Waals surface area contributed by atoms with Crippen LogP contribution >= 0.6 is 0 Å². The Morgan fingerprint density at radius 3 is 0.716 bits per heavy atom. The quantitative estimate of drug-likeness (QED) is 0.0320. The van der Waals surface area contributed by atoms with Gasteiger partial charge in [0.05, 0.1) is 25.4 Å². The second-order valence-corrected chi connectivity index (χ2v) is 30.9. The molecule has 6 heteroatoms. The lowest BCUT2D eigenvalue weighted by Gasteiger charge is -2.20. The van der Waals surface area contributed by atoms with E-state index >= 15 is 0 Å². The van der Waals surface area contributed by atoms with Crippen LogP contribution in [0.2, 0.25) is 0 Å². The van der Waals surface area contributed by atoms with E-state index in [2.05, 4.69) is 19.2 Å². The fourth-order valence-corrected chi connectivity index (χ4v) is 14.6. The van der Waals surface area contributed by atoms with E-state index in [1.165, 1.54) is 456 Å². The number of esters is 1. The summed E-state index contributed by atoms with van der Waals surface area (Å²) in [7, 11) is 0. The SMILES string of the molecule is CCCCCCCCCCCCCCCCCCCCCCCCC/C=C/C(O)C(CO)NC(=O)CCCCCCCCCCCCCCCCCCCCCCCCCCCCCCCCCCCCCOC(=O)CCCCCCCCCCCCCCCCCCCC. The zero-order valence-corrected chi connectivity index (χ0v) is 65.2. The van der Waals surface area contributed by atoms with Gasteiger partial charge < -0.3 is 20.3 Å². The molecular formula is C89H175NO5. The highest BCUT2D eigenvalue weighted by atomic mass is 16.5. The van der Waals surface area contributed by atoms with Crippen LogP contribution in [0.5, 0.6) is 0 Å². The molecule has 2 unspecified atom stereocenters. The summed E-state index contributed by atoms with van der Waals surface area (Å²) < 4.78 is 5.53. The monoisotopic (exact) mass is 1340 g/mol. The van der Waals surface area contributed by atoms with E-state index in [9.17, 15) is 19.8 Å². The average molecular weight is 1340 g/mol. The fourth-order valence-electron chi connectivity index (χ4n) is 14.6. The van der Waals surface area contributed by atoms with Crippen molar-refractivity contribution in [3.63, 3.8) is 0 Å². The Balaban J connectivity index is 3.32. The van der Waals surface area contributed by atoms with Crippen LogP contribution in [0.15, 0.2) is 12.2 Å². The summed E-state index contributed by atoms with van der Waals surface area (Å²) in [6, 6.07) is -0.625. The number of aliphatic hydroxyl groups excluding tert-OH is 2. The second kappa shape index (κ2) is 85.0. The second-order valence-electron chi connectivity index (χ2n) is 30.9. The molecule has 0 aromatic heterocycles. The van der Waals surface area contributed by atoms with E-state index < -0.39 is 12.1 Å². The van der Waals surface area contributed by atoms with Gasteiger partial charge in [0, 0.05) is 12.8 Å². The molecule has 566 valence electrons. The van der Waals surface area contributed by atoms with Crippen molar-refractivity contribution in [3.8, 4) is 0 Å². The number of amides is 1. The molecule has 0 aliphatic carbocycles. The third-order valence-corrected chi connectivity index (χ3v) is 21.3. The highest BCUT2D eigenvalue weighted by molar-refractivity contribution is 5.76. The normalized spacial score (nSPS) is 12.4. The predicted octanol–water partition coefficient (Wildman–Crippen LogP) is 29.8. The molecule has 2 atom stereocenters. The van der Waals surface area contributed by atoms with Crippen molar-refractivity contribution in [1.29, 1.82) is 0 Å². The van der Waals surface area contributed by atoms with E-state index in [0.717, 1.165) is 38.5 Å². The fraction of sp³-hybridized carbons (Fsp3) is 0.955. The van der Waals surface area contributed by atoms with Crippen molar-refractivity contribution in [2.24, 2.45) is 0 Å². The van der Waals surface area contributed by atoms with Crippen LogP contribution in [0, 0.1) is 0 Å². The first-order valence-electron chi connectivity index (χ1n) is 44.5. The molecule has 0 aromatic rings. The van der Waals surface area contributed by atoms with Gasteiger partial charge in [-0.2, -0.15) is 0 Å². The number of carbonyl (C=O) groups is 2. The summed E-state index contributed by atoms with van der Waals surface area (Å²) >= 11 is 0. The summed E-state index contributed by atoms with van der Waals surface area (Å²) in [6.07, 6.45) is 110. The van der Waals surface area contributed by atoms with Crippen molar-refractivity contribution in [1.82, 2.24) is 5.32 Å². The number of unbranched alkanes of at least 4 members (excludes halogenated alkanes) is 74. The standard InChI is InChI=1S/C89H175NO5/c1-3-5-7-9-11-13-15-17-19-21-23-24-25-37-40-43-46-49-53-57-61-65-69-73-77-81-87(92)86(85-91)90-88(93)82-78-74-70-66-62-58-54-50-47-44-41-38-35-33-31-29-27-26-28-30-32-34-36-39-42-45-48-52-56-60-64-68-72-76-80-84-95-89(94)83-79-75-71-67-63-59-55-51-22-20-18-16-14-12-10-8-6-4-2/h77,81,86-87,91-92H,3-76,78-80,82-85H2,1-2H3,(H,90,93)/b81-77+. The molecule has 0 fully saturated rings. The first-order valence-corrected chi connectivity index (χ1v) is 44.5. The van der Waals surface area contributed by atoms with Gasteiger partial charge in [0.2, 0.25) is 5.91 Å². The van der Waals surface area contributed by atoms with E-state index in [-0.39, 0.29) is 18.5 Å². The van der Waals surface area contributed by atoms with Gasteiger partial charge in [-0.25, -0.2) is 0 Å². The lowest BCUT2D eigenvalue weighted by molar-refractivity contribution is -0.143. The Hall–Kier alpha value is -1.40. The predicted molar refractivity (Wildman–Crippen MR) is 421 cm³/mol. The van der Waals surface area contributed by atoms with Gasteiger partial charge in [0.15, 0.2) is 0 Å². The molecule has 1 amide bonds.